The minimum atomic E-state index is -0.488. The van der Waals surface area contributed by atoms with Crippen LogP contribution in [-0.2, 0) is 4.79 Å². The van der Waals surface area contributed by atoms with Crippen LogP contribution in [0.25, 0.3) is 11.5 Å². The predicted octanol–water partition coefficient (Wildman–Crippen LogP) is 3.04. The van der Waals surface area contributed by atoms with E-state index >= 15 is 0 Å². The molecule has 0 atom stereocenters. The fourth-order valence-corrected chi connectivity index (χ4v) is 2.51. The van der Waals surface area contributed by atoms with Gasteiger partial charge in [-0.25, -0.2) is 0 Å². The molecule has 1 N–H and O–H groups in total. The van der Waals surface area contributed by atoms with Gasteiger partial charge in [0.1, 0.15) is 0 Å². The average Bonchev–Trinajstić information content (AvgIpc) is 3.06. The Labute approximate surface area is 143 Å². The lowest BCUT2D eigenvalue weighted by Crippen LogP contribution is -2.26. The summed E-state index contributed by atoms with van der Waals surface area (Å²) in [4.78, 5) is 22.0. The van der Waals surface area contributed by atoms with E-state index in [0.29, 0.717) is 12.1 Å². The number of nitro benzene ring substituents is 1. The van der Waals surface area contributed by atoms with Crippen LogP contribution in [0.5, 0.6) is 0 Å². The molecule has 0 saturated carbocycles. The van der Waals surface area contributed by atoms with Gasteiger partial charge in [-0.15, -0.1) is 10.2 Å². The van der Waals surface area contributed by atoms with E-state index in [1.165, 1.54) is 12.1 Å². The largest absolute Gasteiger partial charge is 0.411 e. The number of amides is 1. The van der Waals surface area contributed by atoms with Crippen molar-refractivity contribution >= 4 is 23.4 Å². The number of nitro groups is 1. The zero-order chi connectivity index (χ0) is 17.4. The molecule has 8 nitrogen and oxygen atoms in total. The quantitative estimate of drug-likeness (QED) is 0.320. The van der Waals surface area contributed by atoms with Crippen molar-refractivity contribution in [3.8, 4) is 11.5 Å². The highest BCUT2D eigenvalue weighted by molar-refractivity contribution is 7.99. The average molecular weight is 350 g/mol. The van der Waals surface area contributed by atoms with Crippen molar-refractivity contribution in [3.05, 3.63) is 34.4 Å². The molecule has 0 fully saturated rings. The Morgan fingerprint density at radius 2 is 2.21 bits per heavy atom. The molecule has 0 spiro atoms. The number of carbonyl (C=O) groups excluding carboxylic acids is 1. The van der Waals surface area contributed by atoms with Gasteiger partial charge in [0.2, 0.25) is 11.8 Å². The van der Waals surface area contributed by atoms with Crippen LogP contribution in [0.1, 0.15) is 26.2 Å². The predicted molar refractivity (Wildman–Crippen MR) is 89.6 cm³/mol. The number of nitrogens with zero attached hydrogens (tertiary/aromatic N) is 3. The fraction of sp³-hybridized carbons (Fsp3) is 0.400. The molecule has 0 saturated heterocycles. The molecule has 0 bridgehead atoms. The summed E-state index contributed by atoms with van der Waals surface area (Å²) in [6.45, 7) is 2.77. The van der Waals surface area contributed by atoms with E-state index in [2.05, 4.69) is 22.4 Å². The summed E-state index contributed by atoms with van der Waals surface area (Å²) >= 11 is 1.13. The number of non-ortho nitro benzene ring substituents is 1. The number of unbranched alkanes of at least 4 members (excludes halogenated alkanes) is 2. The highest BCUT2D eigenvalue weighted by atomic mass is 32.2. The number of rotatable bonds is 9. The first-order valence-corrected chi connectivity index (χ1v) is 8.56. The second kappa shape index (κ2) is 9.02. The first kappa shape index (κ1) is 17.9. The zero-order valence-corrected chi connectivity index (χ0v) is 14.0. The van der Waals surface area contributed by atoms with Crippen molar-refractivity contribution in [2.24, 2.45) is 0 Å². The maximum atomic E-state index is 11.7. The van der Waals surface area contributed by atoms with E-state index in [1.807, 2.05) is 0 Å². The summed E-state index contributed by atoms with van der Waals surface area (Å²) in [7, 11) is 0. The Bertz CT molecular complexity index is 704. The Balaban J connectivity index is 1.88. The van der Waals surface area contributed by atoms with E-state index in [9.17, 15) is 14.9 Å². The number of nitrogens with one attached hydrogen (secondary N) is 1. The van der Waals surface area contributed by atoms with E-state index in [0.717, 1.165) is 31.0 Å². The Hall–Kier alpha value is -2.42. The van der Waals surface area contributed by atoms with Crippen LogP contribution in [0.2, 0.25) is 0 Å². The lowest BCUT2D eigenvalue weighted by molar-refractivity contribution is -0.384. The molecule has 2 aromatic rings. The topological polar surface area (TPSA) is 111 Å². The molecule has 24 heavy (non-hydrogen) atoms. The van der Waals surface area contributed by atoms with Crippen molar-refractivity contribution in [3.63, 3.8) is 0 Å². The molecule has 1 aromatic carbocycles. The van der Waals surface area contributed by atoms with Gasteiger partial charge >= 0.3 is 0 Å². The summed E-state index contributed by atoms with van der Waals surface area (Å²) in [6, 6.07) is 5.95. The van der Waals surface area contributed by atoms with Crippen molar-refractivity contribution in [1.82, 2.24) is 15.5 Å². The summed E-state index contributed by atoms with van der Waals surface area (Å²) < 4.78 is 5.44. The highest BCUT2D eigenvalue weighted by Crippen LogP contribution is 2.25. The molecule has 9 heteroatoms. The van der Waals surface area contributed by atoms with Gasteiger partial charge in [-0.3, -0.25) is 14.9 Å². The molecule has 0 unspecified atom stereocenters. The lowest BCUT2D eigenvalue weighted by atomic mass is 10.2. The van der Waals surface area contributed by atoms with Crippen LogP contribution in [-0.4, -0.2) is 33.3 Å². The standard InChI is InChI=1S/C15H18N4O4S/c1-2-3-4-8-16-13(20)10-24-15-18-17-14(23-15)11-6-5-7-12(9-11)19(21)22/h5-7,9H,2-4,8,10H2,1H3,(H,16,20). The lowest BCUT2D eigenvalue weighted by Gasteiger charge is -2.02. The first-order valence-electron chi connectivity index (χ1n) is 7.58. The second-order valence-electron chi connectivity index (χ2n) is 5.03. The molecule has 0 aliphatic carbocycles. The molecular formula is C15H18N4O4S. The molecule has 0 radical (unpaired) electrons. The van der Waals surface area contributed by atoms with Gasteiger partial charge in [0.25, 0.3) is 10.9 Å². The molecule has 0 aliphatic heterocycles. The summed E-state index contributed by atoms with van der Waals surface area (Å²) in [5.41, 5.74) is 0.416. The van der Waals surface area contributed by atoms with Crippen LogP contribution in [0.3, 0.4) is 0 Å². The number of aromatic nitrogens is 2. The van der Waals surface area contributed by atoms with Crippen LogP contribution >= 0.6 is 11.8 Å². The van der Waals surface area contributed by atoms with Gasteiger partial charge < -0.3 is 9.73 Å². The minimum Gasteiger partial charge on any atom is -0.411 e. The Kier molecular flexibility index (Phi) is 6.74. The Morgan fingerprint density at radius 1 is 1.38 bits per heavy atom. The van der Waals surface area contributed by atoms with Gasteiger partial charge in [-0.2, -0.15) is 0 Å². The third kappa shape index (κ3) is 5.34. The maximum absolute atomic E-state index is 11.7. The van der Waals surface area contributed by atoms with Crippen LogP contribution in [0, 0.1) is 10.1 Å². The van der Waals surface area contributed by atoms with Crippen LogP contribution in [0.15, 0.2) is 33.9 Å². The first-order chi connectivity index (χ1) is 11.6. The number of hydrogen-bond donors (Lipinski definition) is 1. The number of benzene rings is 1. The van der Waals surface area contributed by atoms with Crippen molar-refractivity contribution < 1.29 is 14.1 Å². The van der Waals surface area contributed by atoms with Crippen molar-refractivity contribution in [2.75, 3.05) is 12.3 Å². The number of thioether (sulfide) groups is 1. The summed E-state index contributed by atoms with van der Waals surface area (Å²) in [5, 5.41) is 21.6. The Morgan fingerprint density at radius 3 is 2.96 bits per heavy atom. The molecule has 1 heterocycles. The molecule has 1 amide bonds. The van der Waals surface area contributed by atoms with Crippen LogP contribution in [0.4, 0.5) is 5.69 Å². The normalized spacial score (nSPS) is 10.5. The molecule has 128 valence electrons. The van der Waals surface area contributed by atoms with Crippen molar-refractivity contribution in [1.29, 1.82) is 0 Å². The molecule has 0 aliphatic rings. The van der Waals surface area contributed by atoms with Gasteiger partial charge in [0.05, 0.1) is 10.7 Å². The molecular weight excluding hydrogens is 332 g/mol. The van der Waals surface area contributed by atoms with E-state index in [1.54, 1.807) is 12.1 Å². The van der Waals surface area contributed by atoms with E-state index < -0.39 is 4.92 Å². The maximum Gasteiger partial charge on any atom is 0.277 e. The van der Waals surface area contributed by atoms with Crippen LogP contribution < -0.4 is 5.32 Å². The summed E-state index contributed by atoms with van der Waals surface area (Å²) in [6.07, 6.45) is 3.15. The fourth-order valence-electron chi connectivity index (χ4n) is 1.92. The van der Waals surface area contributed by atoms with E-state index in [4.69, 9.17) is 4.42 Å². The van der Waals surface area contributed by atoms with Gasteiger partial charge in [-0.05, 0) is 12.5 Å². The van der Waals surface area contributed by atoms with Gasteiger partial charge in [-0.1, -0.05) is 37.6 Å². The number of carbonyl (C=O) groups is 1. The molecule has 2 rings (SSSR count). The van der Waals surface area contributed by atoms with Gasteiger partial charge in [0.15, 0.2) is 0 Å². The minimum absolute atomic E-state index is 0.0497. The van der Waals surface area contributed by atoms with Crippen molar-refractivity contribution in [2.45, 2.75) is 31.4 Å². The zero-order valence-electron chi connectivity index (χ0n) is 13.2. The van der Waals surface area contributed by atoms with E-state index in [-0.39, 0.29) is 28.5 Å². The second-order valence-corrected chi connectivity index (χ2v) is 5.95. The third-order valence-electron chi connectivity index (χ3n) is 3.14. The summed E-state index contributed by atoms with van der Waals surface area (Å²) in [5.74, 6) is 0.277. The third-order valence-corrected chi connectivity index (χ3v) is 3.96. The monoisotopic (exact) mass is 350 g/mol. The van der Waals surface area contributed by atoms with Gasteiger partial charge in [0, 0.05) is 24.2 Å². The smallest absolute Gasteiger partial charge is 0.277 e. The molecule has 1 aromatic heterocycles. The number of hydrogen-bond acceptors (Lipinski definition) is 7. The SMILES string of the molecule is CCCCCNC(=O)CSc1nnc(-c2cccc([N+](=O)[O-])c2)o1. The highest BCUT2D eigenvalue weighted by Gasteiger charge is 2.14.